The van der Waals surface area contributed by atoms with Crippen molar-refractivity contribution >= 4 is 0 Å². The lowest BCUT2D eigenvalue weighted by Gasteiger charge is -2.26. The first kappa shape index (κ1) is 14.4. The monoisotopic (exact) mass is 266 g/mol. The maximum absolute atomic E-state index is 13.6. The van der Waals surface area contributed by atoms with Crippen LogP contribution in [-0.4, -0.2) is 31.1 Å². The molecule has 19 heavy (non-hydrogen) atoms. The number of ether oxygens (including phenoxy) is 1. The van der Waals surface area contributed by atoms with E-state index in [4.69, 9.17) is 10.5 Å². The van der Waals surface area contributed by atoms with Gasteiger partial charge in [-0.05, 0) is 43.6 Å². The van der Waals surface area contributed by atoms with E-state index < -0.39 is 0 Å². The quantitative estimate of drug-likeness (QED) is 0.803. The third-order valence-corrected chi connectivity index (χ3v) is 3.60. The molecule has 1 fully saturated rings. The zero-order valence-electron chi connectivity index (χ0n) is 11.4. The normalized spacial score (nSPS) is 16.7. The van der Waals surface area contributed by atoms with Crippen molar-refractivity contribution in [3.63, 3.8) is 0 Å². The number of rotatable bonds is 6. The zero-order chi connectivity index (χ0) is 13.5. The molecule has 0 spiro atoms. The number of nitrogens with zero attached hydrogens (tertiary/aromatic N) is 1. The second-order valence-corrected chi connectivity index (χ2v) is 5.08. The Morgan fingerprint density at radius 2 is 2.00 bits per heavy atom. The average Bonchev–Trinajstić information content (AvgIpc) is 2.46. The van der Waals surface area contributed by atoms with Crippen LogP contribution in [0.15, 0.2) is 18.2 Å². The predicted octanol–water partition coefficient (Wildman–Crippen LogP) is 2.29. The molecule has 0 saturated carbocycles. The fraction of sp³-hybridized carbons (Fsp3) is 0.600. The Kier molecular flexibility index (Phi) is 5.76. The van der Waals surface area contributed by atoms with E-state index in [0.29, 0.717) is 25.3 Å². The van der Waals surface area contributed by atoms with Gasteiger partial charge in [-0.25, -0.2) is 4.39 Å². The molecule has 4 heteroatoms. The van der Waals surface area contributed by atoms with Crippen molar-refractivity contribution in [3.8, 4) is 0 Å². The molecule has 2 N–H and O–H groups in total. The van der Waals surface area contributed by atoms with E-state index in [0.717, 1.165) is 12.1 Å². The van der Waals surface area contributed by atoms with Gasteiger partial charge in [0.2, 0.25) is 0 Å². The highest BCUT2D eigenvalue weighted by molar-refractivity contribution is 5.24. The first-order valence-electron chi connectivity index (χ1n) is 7.07. The van der Waals surface area contributed by atoms with Crippen molar-refractivity contribution < 1.29 is 9.13 Å². The van der Waals surface area contributed by atoms with Gasteiger partial charge in [-0.1, -0.05) is 12.5 Å². The highest BCUT2D eigenvalue weighted by Gasteiger charge is 2.09. The molecule has 1 saturated heterocycles. The van der Waals surface area contributed by atoms with Gasteiger partial charge in [-0.3, -0.25) is 0 Å². The zero-order valence-corrected chi connectivity index (χ0v) is 11.4. The van der Waals surface area contributed by atoms with Crippen LogP contribution in [0.5, 0.6) is 0 Å². The van der Waals surface area contributed by atoms with Crippen molar-refractivity contribution in [2.75, 3.05) is 26.2 Å². The van der Waals surface area contributed by atoms with Crippen LogP contribution < -0.4 is 5.73 Å². The molecule has 1 heterocycles. The van der Waals surface area contributed by atoms with Gasteiger partial charge in [0.1, 0.15) is 5.82 Å². The first-order valence-corrected chi connectivity index (χ1v) is 7.07. The summed E-state index contributed by atoms with van der Waals surface area (Å²) in [5.74, 6) is -0.213. The number of hydrogen-bond acceptors (Lipinski definition) is 3. The summed E-state index contributed by atoms with van der Waals surface area (Å²) in [6.07, 6.45) is 3.91. The van der Waals surface area contributed by atoms with Crippen LogP contribution in [0, 0.1) is 5.82 Å². The Morgan fingerprint density at radius 1 is 1.21 bits per heavy atom. The third-order valence-electron chi connectivity index (χ3n) is 3.60. The summed E-state index contributed by atoms with van der Waals surface area (Å²) < 4.78 is 19.1. The van der Waals surface area contributed by atoms with Gasteiger partial charge in [-0.15, -0.1) is 0 Å². The van der Waals surface area contributed by atoms with E-state index in [1.165, 1.54) is 38.4 Å². The molecule has 0 unspecified atom stereocenters. The van der Waals surface area contributed by atoms with Gasteiger partial charge in [0.25, 0.3) is 0 Å². The summed E-state index contributed by atoms with van der Waals surface area (Å²) in [6.45, 7) is 4.69. The van der Waals surface area contributed by atoms with E-state index in [1.807, 2.05) is 0 Å². The van der Waals surface area contributed by atoms with Crippen molar-refractivity contribution in [1.29, 1.82) is 0 Å². The Labute approximate surface area is 114 Å². The molecule has 3 nitrogen and oxygen atoms in total. The number of piperidine rings is 1. The molecule has 1 aliphatic rings. The molecule has 0 bridgehead atoms. The molecule has 0 aromatic heterocycles. The van der Waals surface area contributed by atoms with Gasteiger partial charge in [0.05, 0.1) is 13.2 Å². The highest BCUT2D eigenvalue weighted by atomic mass is 19.1. The lowest BCUT2D eigenvalue weighted by atomic mass is 10.1. The second kappa shape index (κ2) is 7.58. The minimum Gasteiger partial charge on any atom is -0.375 e. The van der Waals surface area contributed by atoms with Crippen molar-refractivity contribution in [1.82, 2.24) is 4.90 Å². The predicted molar refractivity (Wildman–Crippen MR) is 74.2 cm³/mol. The van der Waals surface area contributed by atoms with Crippen LogP contribution in [0.3, 0.4) is 0 Å². The molecule has 0 amide bonds. The third kappa shape index (κ3) is 4.56. The van der Waals surface area contributed by atoms with Gasteiger partial charge in [-0.2, -0.15) is 0 Å². The largest absolute Gasteiger partial charge is 0.375 e. The van der Waals surface area contributed by atoms with Crippen LogP contribution in [0.4, 0.5) is 4.39 Å². The Morgan fingerprint density at radius 3 is 2.74 bits per heavy atom. The molecule has 1 aliphatic heterocycles. The van der Waals surface area contributed by atoms with Crippen LogP contribution in [0.2, 0.25) is 0 Å². The van der Waals surface area contributed by atoms with Gasteiger partial charge in [0, 0.05) is 18.7 Å². The summed E-state index contributed by atoms with van der Waals surface area (Å²) in [5.41, 5.74) is 7.09. The number of hydrogen-bond donors (Lipinski definition) is 1. The molecule has 0 aliphatic carbocycles. The van der Waals surface area contributed by atoms with Gasteiger partial charge in [0.15, 0.2) is 0 Å². The standard InChI is InChI=1S/C15H23FN2O/c16-15-5-4-13(11-17)10-14(15)12-19-9-8-18-6-2-1-3-7-18/h4-5,10H,1-3,6-9,11-12,17H2. The molecular formula is C15H23FN2O. The van der Waals surface area contributed by atoms with Crippen LogP contribution in [-0.2, 0) is 17.9 Å². The topological polar surface area (TPSA) is 38.5 Å². The molecule has 1 aromatic rings. The molecule has 2 rings (SSSR count). The molecule has 106 valence electrons. The van der Waals surface area contributed by atoms with E-state index >= 15 is 0 Å². The van der Waals surface area contributed by atoms with E-state index in [2.05, 4.69) is 4.90 Å². The maximum atomic E-state index is 13.6. The summed E-state index contributed by atoms with van der Waals surface area (Å²) in [7, 11) is 0. The molecule has 0 radical (unpaired) electrons. The number of likely N-dealkylation sites (tertiary alicyclic amines) is 1. The first-order chi connectivity index (χ1) is 9.29. The Balaban J connectivity index is 1.72. The number of halogens is 1. The number of nitrogens with two attached hydrogens (primary N) is 1. The molecule has 1 aromatic carbocycles. The smallest absolute Gasteiger partial charge is 0.128 e. The Hall–Kier alpha value is -0.970. The summed E-state index contributed by atoms with van der Waals surface area (Å²) in [4.78, 5) is 2.41. The van der Waals surface area contributed by atoms with Crippen LogP contribution in [0.1, 0.15) is 30.4 Å². The lowest BCUT2D eigenvalue weighted by Crippen LogP contribution is -2.32. The highest BCUT2D eigenvalue weighted by Crippen LogP contribution is 2.12. The average molecular weight is 266 g/mol. The van der Waals surface area contributed by atoms with E-state index in [9.17, 15) is 4.39 Å². The van der Waals surface area contributed by atoms with E-state index in [-0.39, 0.29) is 5.82 Å². The van der Waals surface area contributed by atoms with Crippen LogP contribution in [0.25, 0.3) is 0 Å². The SMILES string of the molecule is NCc1ccc(F)c(COCCN2CCCCC2)c1. The fourth-order valence-electron chi connectivity index (χ4n) is 2.42. The van der Waals surface area contributed by atoms with Gasteiger partial charge >= 0.3 is 0 Å². The summed E-state index contributed by atoms with van der Waals surface area (Å²) >= 11 is 0. The lowest BCUT2D eigenvalue weighted by molar-refractivity contribution is 0.0847. The maximum Gasteiger partial charge on any atom is 0.128 e. The summed E-state index contributed by atoms with van der Waals surface area (Å²) in [5, 5.41) is 0. The fourth-order valence-corrected chi connectivity index (χ4v) is 2.42. The second-order valence-electron chi connectivity index (χ2n) is 5.08. The minimum atomic E-state index is -0.213. The van der Waals surface area contributed by atoms with E-state index in [1.54, 1.807) is 12.1 Å². The Bertz CT molecular complexity index is 392. The van der Waals surface area contributed by atoms with Crippen LogP contribution >= 0.6 is 0 Å². The molecular weight excluding hydrogens is 243 g/mol. The van der Waals surface area contributed by atoms with Crippen molar-refractivity contribution in [3.05, 3.63) is 35.1 Å². The van der Waals surface area contributed by atoms with Crippen molar-refractivity contribution in [2.24, 2.45) is 5.73 Å². The summed E-state index contributed by atoms with van der Waals surface area (Å²) in [6, 6.07) is 4.97. The van der Waals surface area contributed by atoms with Gasteiger partial charge < -0.3 is 15.4 Å². The molecule has 0 atom stereocenters. The minimum absolute atomic E-state index is 0.213. The van der Waals surface area contributed by atoms with Crippen molar-refractivity contribution in [2.45, 2.75) is 32.4 Å². The number of benzene rings is 1.